The van der Waals surface area contributed by atoms with Crippen molar-refractivity contribution in [3.63, 3.8) is 0 Å². The third-order valence-corrected chi connectivity index (χ3v) is 8.99. The number of urea groups is 1. The Morgan fingerprint density at radius 1 is 0.761 bits per heavy atom. The van der Waals surface area contributed by atoms with Crippen molar-refractivity contribution in [1.82, 2.24) is 15.6 Å². The second-order valence-corrected chi connectivity index (χ2v) is 12.2. The molecular formula is C38H37N3O4S. The van der Waals surface area contributed by atoms with Gasteiger partial charge in [-0.2, -0.15) is 0 Å². The minimum atomic E-state index is -0.537. The van der Waals surface area contributed by atoms with Crippen LogP contribution in [0.3, 0.4) is 0 Å². The number of amides is 2. The molecule has 0 aliphatic carbocycles. The zero-order valence-electron chi connectivity index (χ0n) is 25.4. The molecule has 6 rings (SSSR count). The molecule has 7 nitrogen and oxygen atoms in total. The number of nitrogens with zero attached hydrogens (tertiary/aromatic N) is 1. The Morgan fingerprint density at radius 2 is 1.48 bits per heavy atom. The van der Waals surface area contributed by atoms with Gasteiger partial charge in [-0.25, -0.2) is 9.78 Å². The average Bonchev–Trinajstić information content (AvgIpc) is 3.13. The number of carbonyl (C=O) groups excluding carboxylic acids is 1. The minimum absolute atomic E-state index is 0.00781. The predicted molar refractivity (Wildman–Crippen MR) is 181 cm³/mol. The van der Waals surface area contributed by atoms with Gasteiger partial charge in [0.1, 0.15) is 0 Å². The highest BCUT2D eigenvalue weighted by Crippen LogP contribution is 2.40. The molecule has 2 heterocycles. The van der Waals surface area contributed by atoms with E-state index in [9.17, 15) is 9.90 Å². The quantitative estimate of drug-likeness (QED) is 0.130. The third-order valence-electron chi connectivity index (χ3n) is 7.92. The van der Waals surface area contributed by atoms with E-state index in [1.54, 1.807) is 18.0 Å². The van der Waals surface area contributed by atoms with E-state index >= 15 is 0 Å². The van der Waals surface area contributed by atoms with Crippen LogP contribution in [0.1, 0.15) is 46.6 Å². The van der Waals surface area contributed by atoms with Crippen LogP contribution < -0.4 is 10.6 Å². The van der Waals surface area contributed by atoms with Gasteiger partial charge in [-0.1, -0.05) is 109 Å². The summed E-state index contributed by atoms with van der Waals surface area (Å²) in [4.78, 5) is 17.0. The molecule has 0 spiro atoms. The van der Waals surface area contributed by atoms with E-state index in [2.05, 4.69) is 45.9 Å². The van der Waals surface area contributed by atoms with Gasteiger partial charge in [-0.05, 0) is 45.5 Å². The van der Waals surface area contributed by atoms with E-state index < -0.39 is 6.29 Å². The van der Waals surface area contributed by atoms with Crippen molar-refractivity contribution in [2.24, 2.45) is 0 Å². The maximum Gasteiger partial charge on any atom is 0.315 e. The van der Waals surface area contributed by atoms with Crippen molar-refractivity contribution in [2.45, 2.75) is 49.6 Å². The zero-order chi connectivity index (χ0) is 31.6. The van der Waals surface area contributed by atoms with Gasteiger partial charge in [0.05, 0.1) is 23.8 Å². The molecule has 8 heteroatoms. The number of hydrogen-bond acceptors (Lipinski definition) is 6. The molecule has 1 aliphatic heterocycles. The lowest BCUT2D eigenvalue weighted by Gasteiger charge is -2.36. The van der Waals surface area contributed by atoms with Crippen LogP contribution in [0, 0.1) is 0 Å². The Labute approximate surface area is 274 Å². The summed E-state index contributed by atoms with van der Waals surface area (Å²) in [7, 11) is 0. The number of carbonyl (C=O) groups is 1. The van der Waals surface area contributed by atoms with Crippen LogP contribution in [0.4, 0.5) is 4.79 Å². The van der Waals surface area contributed by atoms with Crippen molar-refractivity contribution in [1.29, 1.82) is 0 Å². The van der Waals surface area contributed by atoms with Crippen LogP contribution >= 0.6 is 11.8 Å². The summed E-state index contributed by atoms with van der Waals surface area (Å²) in [5.41, 5.74) is 7.03. The molecular weight excluding hydrogens is 595 g/mol. The number of nitrogens with one attached hydrogen (secondary N) is 2. The lowest BCUT2D eigenvalue weighted by Crippen LogP contribution is -2.34. The van der Waals surface area contributed by atoms with Gasteiger partial charge in [-0.3, -0.25) is 0 Å². The summed E-state index contributed by atoms with van der Waals surface area (Å²) in [6.45, 7) is 0.881. The Bertz CT molecular complexity index is 1690. The summed E-state index contributed by atoms with van der Waals surface area (Å²) < 4.78 is 13.1. The molecule has 3 N–H and O–H groups in total. The van der Waals surface area contributed by atoms with Crippen molar-refractivity contribution in [3.05, 3.63) is 155 Å². The van der Waals surface area contributed by atoms with Crippen molar-refractivity contribution < 1.29 is 19.4 Å². The van der Waals surface area contributed by atoms with Gasteiger partial charge in [0.25, 0.3) is 0 Å². The molecule has 234 valence electrons. The monoisotopic (exact) mass is 631 g/mol. The van der Waals surface area contributed by atoms with E-state index in [1.807, 2.05) is 91.0 Å². The molecule has 2 amide bonds. The standard InChI is InChI=1S/C38H37N3O4S/c42-25-28-13-15-30(16-14-28)35-22-33(26-46-36-12-6-7-21-39-36)44-37(45-35)31-19-17-29(18-20-31)34-11-5-4-10-32(34)24-41-38(43)40-23-27-8-2-1-3-9-27/h1-21,33,35,37,42H,22-26H2,(H2,40,41,43). The summed E-state index contributed by atoms with van der Waals surface area (Å²) in [6.07, 6.45) is 1.78. The SMILES string of the molecule is O=C(NCc1ccccc1)NCc1ccccc1-c1ccc(C2OC(CSc3ccccn3)CC(c3ccc(CO)cc3)O2)cc1. The minimum Gasteiger partial charge on any atom is -0.392 e. The van der Waals surface area contributed by atoms with Gasteiger partial charge in [-0.15, -0.1) is 11.8 Å². The maximum atomic E-state index is 12.5. The number of aromatic nitrogens is 1. The topological polar surface area (TPSA) is 92.7 Å². The molecule has 0 bridgehead atoms. The van der Waals surface area contributed by atoms with Crippen molar-refractivity contribution >= 4 is 17.8 Å². The highest BCUT2D eigenvalue weighted by Gasteiger charge is 2.32. The van der Waals surface area contributed by atoms with Crippen molar-refractivity contribution in [2.75, 3.05) is 5.75 Å². The van der Waals surface area contributed by atoms with Gasteiger partial charge in [0.2, 0.25) is 0 Å². The van der Waals surface area contributed by atoms with Crippen molar-refractivity contribution in [3.8, 4) is 11.1 Å². The first kappa shape index (κ1) is 31.5. The molecule has 46 heavy (non-hydrogen) atoms. The van der Waals surface area contributed by atoms with Gasteiger partial charge in [0, 0.05) is 37.0 Å². The van der Waals surface area contributed by atoms with Crippen LogP contribution in [-0.2, 0) is 29.2 Å². The Balaban J connectivity index is 1.14. The van der Waals surface area contributed by atoms with Gasteiger partial charge >= 0.3 is 6.03 Å². The van der Waals surface area contributed by atoms with E-state index in [4.69, 9.17) is 9.47 Å². The number of ether oxygens (including phenoxy) is 2. The fourth-order valence-electron chi connectivity index (χ4n) is 5.43. The highest BCUT2D eigenvalue weighted by molar-refractivity contribution is 7.99. The van der Waals surface area contributed by atoms with Crippen LogP contribution in [0.2, 0.25) is 0 Å². The normalized spacial score (nSPS) is 17.7. The molecule has 1 aromatic heterocycles. The van der Waals surface area contributed by atoms with E-state index in [1.165, 1.54) is 0 Å². The first-order chi connectivity index (χ1) is 22.6. The lowest BCUT2D eigenvalue weighted by molar-refractivity contribution is -0.245. The summed E-state index contributed by atoms with van der Waals surface area (Å²) >= 11 is 1.68. The molecule has 1 saturated heterocycles. The second-order valence-electron chi connectivity index (χ2n) is 11.1. The first-order valence-corrected chi connectivity index (χ1v) is 16.4. The van der Waals surface area contributed by atoms with E-state index in [0.29, 0.717) is 19.5 Å². The molecule has 5 aromatic rings. The molecule has 1 aliphatic rings. The third kappa shape index (κ3) is 8.41. The number of aliphatic hydroxyl groups is 1. The smallest absolute Gasteiger partial charge is 0.315 e. The Kier molecular flexibility index (Phi) is 10.7. The zero-order valence-corrected chi connectivity index (χ0v) is 26.2. The van der Waals surface area contributed by atoms with Crippen LogP contribution in [0.15, 0.2) is 133 Å². The van der Waals surface area contributed by atoms with E-state index in [-0.39, 0.29) is 24.8 Å². The molecule has 0 saturated carbocycles. The largest absolute Gasteiger partial charge is 0.392 e. The fourth-order valence-corrected chi connectivity index (χ4v) is 6.31. The number of thioether (sulfide) groups is 1. The number of aliphatic hydroxyl groups excluding tert-OH is 1. The second kappa shape index (κ2) is 15.7. The average molecular weight is 632 g/mol. The van der Waals surface area contributed by atoms with Gasteiger partial charge < -0.3 is 25.2 Å². The highest BCUT2D eigenvalue weighted by atomic mass is 32.2. The van der Waals surface area contributed by atoms with Crippen LogP contribution in [0.25, 0.3) is 11.1 Å². The number of benzene rings is 4. The summed E-state index contributed by atoms with van der Waals surface area (Å²) in [6, 6.07) is 39.8. The number of hydrogen-bond donors (Lipinski definition) is 3. The Morgan fingerprint density at radius 3 is 2.24 bits per heavy atom. The molecule has 3 unspecified atom stereocenters. The maximum absolute atomic E-state index is 12.5. The summed E-state index contributed by atoms with van der Waals surface area (Å²) in [5.74, 6) is 0.749. The van der Waals surface area contributed by atoms with Gasteiger partial charge in [0.15, 0.2) is 6.29 Å². The molecule has 1 fully saturated rings. The van der Waals surface area contributed by atoms with Crippen LogP contribution in [0.5, 0.6) is 0 Å². The van der Waals surface area contributed by atoms with E-state index in [0.717, 1.165) is 49.7 Å². The molecule has 0 radical (unpaired) electrons. The summed E-state index contributed by atoms with van der Waals surface area (Å²) in [5, 5.41) is 16.4. The number of pyridine rings is 1. The first-order valence-electron chi connectivity index (χ1n) is 15.4. The Hall–Kier alpha value is -4.47. The number of rotatable bonds is 11. The van der Waals surface area contributed by atoms with Crippen LogP contribution in [-0.4, -0.2) is 28.0 Å². The molecule has 4 aromatic carbocycles. The fraction of sp³-hybridized carbons (Fsp3) is 0.211. The lowest BCUT2D eigenvalue weighted by atomic mass is 9.98. The predicted octanol–water partition coefficient (Wildman–Crippen LogP) is 7.58. The molecule has 3 atom stereocenters.